The number of guanidine groups is 1. The third kappa shape index (κ3) is 7.14. The maximum Gasteiger partial charge on any atom is 0.191 e. The molecule has 1 aromatic rings. The molecule has 7 heteroatoms. The SMILES string of the molecule is C=CCNC(=NCC(C)Cn1cccn1)NCCN1CCOCC1. The summed E-state index contributed by atoms with van der Waals surface area (Å²) < 4.78 is 7.32. The molecule has 0 aliphatic carbocycles. The summed E-state index contributed by atoms with van der Waals surface area (Å²) in [7, 11) is 0. The lowest BCUT2D eigenvalue weighted by molar-refractivity contribution is 0.0389. The quantitative estimate of drug-likeness (QED) is 0.393. The molecule has 1 saturated heterocycles. The van der Waals surface area contributed by atoms with E-state index in [0.717, 1.165) is 58.4 Å². The molecule has 1 aliphatic heterocycles. The van der Waals surface area contributed by atoms with Gasteiger partial charge in [0.2, 0.25) is 0 Å². The average Bonchev–Trinajstić information content (AvgIpc) is 3.10. The maximum atomic E-state index is 5.37. The fourth-order valence-corrected chi connectivity index (χ4v) is 2.53. The molecule has 0 amide bonds. The number of hydrogen-bond donors (Lipinski definition) is 2. The Balaban J connectivity index is 1.73. The molecule has 0 aromatic carbocycles. The highest BCUT2D eigenvalue weighted by Crippen LogP contribution is 2.00. The van der Waals surface area contributed by atoms with E-state index in [9.17, 15) is 0 Å². The summed E-state index contributed by atoms with van der Waals surface area (Å²) in [5.41, 5.74) is 0. The second-order valence-electron chi connectivity index (χ2n) is 6.07. The van der Waals surface area contributed by atoms with Crippen LogP contribution in [-0.2, 0) is 11.3 Å². The predicted octanol–water partition coefficient (Wildman–Crippen LogP) is 0.573. The van der Waals surface area contributed by atoms with E-state index in [-0.39, 0.29) is 0 Å². The smallest absolute Gasteiger partial charge is 0.191 e. The van der Waals surface area contributed by atoms with Crippen LogP contribution in [0, 0.1) is 5.92 Å². The Labute approximate surface area is 144 Å². The van der Waals surface area contributed by atoms with Gasteiger partial charge in [-0.3, -0.25) is 14.6 Å². The van der Waals surface area contributed by atoms with E-state index in [0.29, 0.717) is 12.5 Å². The van der Waals surface area contributed by atoms with Crippen LogP contribution in [-0.4, -0.2) is 73.1 Å². The van der Waals surface area contributed by atoms with E-state index in [2.05, 4.69) is 39.1 Å². The van der Waals surface area contributed by atoms with Gasteiger partial charge in [0.25, 0.3) is 0 Å². The van der Waals surface area contributed by atoms with Crippen LogP contribution in [0.15, 0.2) is 36.1 Å². The Morgan fingerprint density at radius 2 is 2.25 bits per heavy atom. The summed E-state index contributed by atoms with van der Waals surface area (Å²) in [6.07, 6.45) is 5.63. The molecule has 1 fully saturated rings. The van der Waals surface area contributed by atoms with E-state index >= 15 is 0 Å². The van der Waals surface area contributed by atoms with Gasteiger partial charge in [-0.2, -0.15) is 5.10 Å². The highest BCUT2D eigenvalue weighted by atomic mass is 16.5. The van der Waals surface area contributed by atoms with Crippen LogP contribution >= 0.6 is 0 Å². The molecule has 2 N–H and O–H groups in total. The molecule has 0 bridgehead atoms. The van der Waals surface area contributed by atoms with Crippen molar-refractivity contribution in [2.75, 3.05) is 52.5 Å². The van der Waals surface area contributed by atoms with Gasteiger partial charge in [-0.25, -0.2) is 0 Å². The first-order valence-corrected chi connectivity index (χ1v) is 8.68. The summed E-state index contributed by atoms with van der Waals surface area (Å²) in [4.78, 5) is 7.09. The Morgan fingerprint density at radius 3 is 2.96 bits per heavy atom. The van der Waals surface area contributed by atoms with E-state index in [1.54, 1.807) is 6.20 Å². The highest BCUT2D eigenvalue weighted by Gasteiger charge is 2.10. The molecule has 134 valence electrons. The second kappa shape index (κ2) is 10.8. The van der Waals surface area contributed by atoms with Crippen molar-refractivity contribution < 1.29 is 4.74 Å². The highest BCUT2D eigenvalue weighted by molar-refractivity contribution is 5.79. The van der Waals surface area contributed by atoms with Crippen molar-refractivity contribution in [2.24, 2.45) is 10.9 Å². The number of aromatic nitrogens is 2. The summed E-state index contributed by atoms with van der Waals surface area (Å²) in [6, 6.07) is 1.94. The molecule has 0 spiro atoms. The normalized spacial score (nSPS) is 17.5. The zero-order valence-electron chi connectivity index (χ0n) is 14.7. The van der Waals surface area contributed by atoms with Crippen molar-refractivity contribution in [3.05, 3.63) is 31.1 Å². The summed E-state index contributed by atoms with van der Waals surface area (Å²) in [5.74, 6) is 1.27. The molecule has 2 rings (SSSR count). The van der Waals surface area contributed by atoms with Crippen LogP contribution < -0.4 is 10.6 Å². The molecule has 0 radical (unpaired) electrons. The first-order valence-electron chi connectivity index (χ1n) is 8.68. The van der Waals surface area contributed by atoms with Crippen molar-refractivity contribution in [2.45, 2.75) is 13.5 Å². The number of hydrogen-bond acceptors (Lipinski definition) is 4. The van der Waals surface area contributed by atoms with Gasteiger partial charge in [0.05, 0.1) is 13.2 Å². The molecular weight excluding hydrogens is 304 g/mol. The lowest BCUT2D eigenvalue weighted by Crippen LogP contribution is -2.44. The lowest BCUT2D eigenvalue weighted by atomic mass is 10.2. The van der Waals surface area contributed by atoms with Crippen molar-refractivity contribution in [3.63, 3.8) is 0 Å². The minimum absolute atomic E-state index is 0.423. The van der Waals surface area contributed by atoms with Gasteiger partial charge in [0.15, 0.2) is 5.96 Å². The Hall–Kier alpha value is -1.86. The lowest BCUT2D eigenvalue weighted by Gasteiger charge is -2.26. The molecule has 24 heavy (non-hydrogen) atoms. The van der Waals surface area contributed by atoms with Gasteiger partial charge in [-0.15, -0.1) is 6.58 Å². The minimum Gasteiger partial charge on any atom is -0.379 e. The fraction of sp³-hybridized carbons (Fsp3) is 0.647. The first-order chi connectivity index (χ1) is 11.8. The van der Waals surface area contributed by atoms with Gasteiger partial charge < -0.3 is 15.4 Å². The Bertz CT molecular complexity index is 481. The van der Waals surface area contributed by atoms with Crippen molar-refractivity contribution in [3.8, 4) is 0 Å². The van der Waals surface area contributed by atoms with Gasteiger partial charge in [0.1, 0.15) is 0 Å². The zero-order chi connectivity index (χ0) is 17.0. The summed E-state index contributed by atoms with van der Waals surface area (Å²) in [5, 5.41) is 10.9. The van der Waals surface area contributed by atoms with Gasteiger partial charge in [0, 0.05) is 58.2 Å². The Kier molecular flexibility index (Phi) is 8.34. The van der Waals surface area contributed by atoms with Gasteiger partial charge >= 0.3 is 0 Å². The minimum atomic E-state index is 0.423. The molecule has 1 aromatic heterocycles. The standard InChI is InChI=1S/C17H30N6O/c1-3-5-18-17(19-7-9-22-10-12-24-13-11-22)20-14-16(2)15-23-8-4-6-21-23/h3-4,6,8,16H,1,5,7,9-15H2,2H3,(H2,18,19,20). The zero-order valence-corrected chi connectivity index (χ0v) is 14.7. The van der Waals surface area contributed by atoms with Crippen LogP contribution in [0.1, 0.15) is 6.92 Å². The summed E-state index contributed by atoms with van der Waals surface area (Å²) >= 11 is 0. The number of aliphatic imine (C=N–C) groups is 1. The largest absolute Gasteiger partial charge is 0.379 e. The molecule has 0 saturated carbocycles. The third-order valence-corrected chi connectivity index (χ3v) is 3.86. The molecule has 1 aliphatic rings. The van der Waals surface area contributed by atoms with Crippen LogP contribution in [0.4, 0.5) is 0 Å². The molecule has 2 heterocycles. The fourth-order valence-electron chi connectivity index (χ4n) is 2.53. The molecular formula is C17H30N6O. The second-order valence-corrected chi connectivity index (χ2v) is 6.07. The monoisotopic (exact) mass is 334 g/mol. The number of nitrogens with one attached hydrogen (secondary N) is 2. The van der Waals surface area contributed by atoms with E-state index in [1.165, 1.54) is 0 Å². The van der Waals surface area contributed by atoms with Crippen LogP contribution in [0.25, 0.3) is 0 Å². The average molecular weight is 334 g/mol. The third-order valence-electron chi connectivity index (χ3n) is 3.86. The first kappa shape index (κ1) is 18.5. The van der Waals surface area contributed by atoms with Gasteiger partial charge in [-0.05, 0) is 12.0 Å². The molecule has 1 atom stereocenters. The topological polar surface area (TPSA) is 66.7 Å². The van der Waals surface area contributed by atoms with Gasteiger partial charge in [-0.1, -0.05) is 13.0 Å². The van der Waals surface area contributed by atoms with Crippen molar-refractivity contribution >= 4 is 5.96 Å². The van der Waals surface area contributed by atoms with Crippen LogP contribution in [0.3, 0.4) is 0 Å². The van der Waals surface area contributed by atoms with E-state index in [1.807, 2.05) is 23.0 Å². The maximum absolute atomic E-state index is 5.37. The summed E-state index contributed by atoms with van der Waals surface area (Å²) in [6.45, 7) is 13.8. The van der Waals surface area contributed by atoms with Crippen LogP contribution in [0.5, 0.6) is 0 Å². The number of morpholine rings is 1. The Morgan fingerprint density at radius 1 is 1.42 bits per heavy atom. The van der Waals surface area contributed by atoms with Crippen LogP contribution in [0.2, 0.25) is 0 Å². The molecule has 1 unspecified atom stereocenters. The predicted molar refractivity (Wildman–Crippen MR) is 97.2 cm³/mol. The number of ether oxygens (including phenoxy) is 1. The molecule has 7 nitrogen and oxygen atoms in total. The number of rotatable bonds is 9. The van der Waals surface area contributed by atoms with Crippen molar-refractivity contribution in [1.82, 2.24) is 25.3 Å². The van der Waals surface area contributed by atoms with E-state index in [4.69, 9.17) is 4.74 Å². The van der Waals surface area contributed by atoms with E-state index < -0.39 is 0 Å². The van der Waals surface area contributed by atoms with Crippen molar-refractivity contribution in [1.29, 1.82) is 0 Å². The number of nitrogens with zero attached hydrogens (tertiary/aromatic N) is 4.